The number of nitrogens with zero attached hydrogens (tertiary/aromatic N) is 1. The van der Waals surface area contributed by atoms with Crippen molar-refractivity contribution in [2.75, 3.05) is 13.1 Å². The molecule has 2 N–H and O–H groups in total. The second kappa shape index (κ2) is 4.97. The van der Waals surface area contributed by atoms with Crippen LogP contribution in [-0.2, 0) is 0 Å². The standard InChI is InChI=1S/C11H24N2/c1-4-9(3)8-13(5-2)11-6-10(12)7-11/h9-11H,4-8,12H2,1-3H3. The predicted octanol–water partition coefficient (Wildman–Crippen LogP) is 1.84. The molecule has 0 heterocycles. The van der Waals surface area contributed by atoms with Gasteiger partial charge < -0.3 is 10.6 Å². The van der Waals surface area contributed by atoms with E-state index in [4.69, 9.17) is 5.73 Å². The van der Waals surface area contributed by atoms with E-state index in [9.17, 15) is 0 Å². The van der Waals surface area contributed by atoms with E-state index < -0.39 is 0 Å². The van der Waals surface area contributed by atoms with Gasteiger partial charge in [0.05, 0.1) is 0 Å². The Morgan fingerprint density at radius 1 is 1.38 bits per heavy atom. The van der Waals surface area contributed by atoms with Gasteiger partial charge in [0, 0.05) is 18.6 Å². The highest BCUT2D eigenvalue weighted by Crippen LogP contribution is 2.24. The van der Waals surface area contributed by atoms with Gasteiger partial charge in [-0.15, -0.1) is 0 Å². The van der Waals surface area contributed by atoms with Crippen LogP contribution in [0.15, 0.2) is 0 Å². The quantitative estimate of drug-likeness (QED) is 0.706. The molecule has 78 valence electrons. The summed E-state index contributed by atoms with van der Waals surface area (Å²) in [5.74, 6) is 0.830. The van der Waals surface area contributed by atoms with Crippen LogP contribution in [0.25, 0.3) is 0 Å². The highest BCUT2D eigenvalue weighted by Gasteiger charge is 2.30. The molecule has 0 saturated heterocycles. The Morgan fingerprint density at radius 3 is 2.38 bits per heavy atom. The lowest BCUT2D eigenvalue weighted by atomic mass is 9.85. The van der Waals surface area contributed by atoms with Crippen LogP contribution >= 0.6 is 0 Å². The zero-order valence-electron chi connectivity index (χ0n) is 9.29. The fourth-order valence-electron chi connectivity index (χ4n) is 1.99. The van der Waals surface area contributed by atoms with Crippen molar-refractivity contribution in [2.45, 2.75) is 52.1 Å². The van der Waals surface area contributed by atoms with Gasteiger partial charge in [0.15, 0.2) is 0 Å². The van der Waals surface area contributed by atoms with Gasteiger partial charge in [0.2, 0.25) is 0 Å². The summed E-state index contributed by atoms with van der Waals surface area (Å²) in [6, 6.07) is 1.27. The molecular formula is C11H24N2. The highest BCUT2D eigenvalue weighted by atomic mass is 15.2. The predicted molar refractivity (Wildman–Crippen MR) is 57.7 cm³/mol. The SMILES string of the molecule is CCC(C)CN(CC)C1CC(N)C1. The molecule has 1 saturated carbocycles. The number of hydrogen-bond acceptors (Lipinski definition) is 2. The van der Waals surface area contributed by atoms with E-state index >= 15 is 0 Å². The van der Waals surface area contributed by atoms with Crippen molar-refractivity contribution in [3.8, 4) is 0 Å². The molecule has 0 aliphatic heterocycles. The van der Waals surface area contributed by atoms with E-state index in [1.165, 1.54) is 32.4 Å². The van der Waals surface area contributed by atoms with E-state index in [1.807, 2.05) is 0 Å². The summed E-state index contributed by atoms with van der Waals surface area (Å²) < 4.78 is 0. The molecule has 0 aromatic heterocycles. The second-order valence-electron chi connectivity index (χ2n) is 4.49. The zero-order chi connectivity index (χ0) is 9.84. The van der Waals surface area contributed by atoms with Gasteiger partial charge in [-0.3, -0.25) is 0 Å². The molecule has 1 atom stereocenters. The lowest BCUT2D eigenvalue weighted by molar-refractivity contribution is 0.100. The Labute approximate surface area is 82.5 Å². The molecule has 1 unspecified atom stereocenters. The molecule has 2 nitrogen and oxygen atoms in total. The van der Waals surface area contributed by atoms with Crippen molar-refractivity contribution in [1.82, 2.24) is 4.90 Å². The van der Waals surface area contributed by atoms with Gasteiger partial charge in [-0.1, -0.05) is 27.2 Å². The lowest BCUT2D eigenvalue weighted by Gasteiger charge is -2.42. The maximum Gasteiger partial charge on any atom is 0.0125 e. The van der Waals surface area contributed by atoms with E-state index in [0.717, 1.165) is 12.0 Å². The van der Waals surface area contributed by atoms with Gasteiger partial charge in [0.25, 0.3) is 0 Å². The molecule has 1 fully saturated rings. The van der Waals surface area contributed by atoms with Gasteiger partial charge >= 0.3 is 0 Å². The molecule has 0 amide bonds. The molecule has 0 aromatic carbocycles. The molecule has 13 heavy (non-hydrogen) atoms. The Hall–Kier alpha value is -0.0800. The molecule has 1 rings (SSSR count). The van der Waals surface area contributed by atoms with E-state index in [2.05, 4.69) is 25.7 Å². The van der Waals surface area contributed by atoms with Crippen LogP contribution in [0.5, 0.6) is 0 Å². The lowest BCUT2D eigenvalue weighted by Crippen LogP contribution is -2.51. The van der Waals surface area contributed by atoms with Crippen molar-refractivity contribution in [1.29, 1.82) is 0 Å². The molecule has 0 spiro atoms. The minimum Gasteiger partial charge on any atom is -0.328 e. The summed E-state index contributed by atoms with van der Waals surface area (Å²) in [5, 5.41) is 0. The van der Waals surface area contributed by atoms with Crippen LogP contribution in [0, 0.1) is 5.92 Å². The summed E-state index contributed by atoms with van der Waals surface area (Å²) in [5.41, 5.74) is 5.80. The third-order valence-electron chi connectivity index (χ3n) is 3.32. The fourth-order valence-corrected chi connectivity index (χ4v) is 1.99. The van der Waals surface area contributed by atoms with Crippen molar-refractivity contribution in [3.05, 3.63) is 0 Å². The second-order valence-corrected chi connectivity index (χ2v) is 4.49. The average molecular weight is 184 g/mol. The van der Waals surface area contributed by atoms with E-state index in [1.54, 1.807) is 0 Å². The van der Waals surface area contributed by atoms with Crippen LogP contribution in [0.1, 0.15) is 40.0 Å². The third-order valence-corrected chi connectivity index (χ3v) is 3.32. The maximum absolute atomic E-state index is 5.80. The van der Waals surface area contributed by atoms with Gasteiger partial charge in [-0.25, -0.2) is 0 Å². The summed E-state index contributed by atoms with van der Waals surface area (Å²) >= 11 is 0. The Balaban J connectivity index is 2.26. The van der Waals surface area contributed by atoms with Crippen LogP contribution in [0.2, 0.25) is 0 Å². The molecule has 0 aromatic rings. The molecule has 2 heteroatoms. The summed E-state index contributed by atoms with van der Waals surface area (Å²) in [4.78, 5) is 2.59. The first-order valence-electron chi connectivity index (χ1n) is 5.67. The summed E-state index contributed by atoms with van der Waals surface area (Å²) in [6.45, 7) is 9.30. The van der Waals surface area contributed by atoms with E-state index in [0.29, 0.717) is 6.04 Å². The van der Waals surface area contributed by atoms with E-state index in [-0.39, 0.29) is 0 Å². The van der Waals surface area contributed by atoms with Crippen LogP contribution < -0.4 is 5.73 Å². The fraction of sp³-hybridized carbons (Fsp3) is 1.00. The number of nitrogens with two attached hydrogens (primary N) is 1. The first-order chi connectivity index (χ1) is 6.17. The molecule has 0 radical (unpaired) electrons. The molecule has 1 aliphatic rings. The minimum atomic E-state index is 0.482. The van der Waals surface area contributed by atoms with Gasteiger partial charge in [-0.2, -0.15) is 0 Å². The summed E-state index contributed by atoms with van der Waals surface area (Å²) in [7, 11) is 0. The van der Waals surface area contributed by atoms with Crippen molar-refractivity contribution >= 4 is 0 Å². The van der Waals surface area contributed by atoms with Crippen molar-refractivity contribution < 1.29 is 0 Å². The Morgan fingerprint density at radius 2 is 2.00 bits per heavy atom. The van der Waals surface area contributed by atoms with Crippen LogP contribution in [0.3, 0.4) is 0 Å². The minimum absolute atomic E-state index is 0.482. The molecule has 0 bridgehead atoms. The largest absolute Gasteiger partial charge is 0.328 e. The first-order valence-corrected chi connectivity index (χ1v) is 5.67. The van der Waals surface area contributed by atoms with Crippen molar-refractivity contribution in [2.24, 2.45) is 11.7 Å². The Kier molecular flexibility index (Phi) is 4.20. The highest BCUT2D eigenvalue weighted by molar-refractivity contribution is 4.89. The van der Waals surface area contributed by atoms with Crippen LogP contribution in [0.4, 0.5) is 0 Å². The smallest absolute Gasteiger partial charge is 0.0125 e. The number of hydrogen-bond donors (Lipinski definition) is 1. The molecular weight excluding hydrogens is 160 g/mol. The third kappa shape index (κ3) is 2.96. The normalized spacial score (nSPS) is 30.2. The first kappa shape index (κ1) is 11.0. The topological polar surface area (TPSA) is 29.3 Å². The average Bonchev–Trinajstić information content (AvgIpc) is 2.09. The maximum atomic E-state index is 5.80. The Bertz CT molecular complexity index is 141. The molecule has 1 aliphatic carbocycles. The zero-order valence-corrected chi connectivity index (χ0v) is 9.29. The van der Waals surface area contributed by atoms with Crippen LogP contribution in [-0.4, -0.2) is 30.1 Å². The summed E-state index contributed by atoms with van der Waals surface area (Å²) in [6.07, 6.45) is 3.71. The van der Waals surface area contributed by atoms with Crippen molar-refractivity contribution in [3.63, 3.8) is 0 Å². The monoisotopic (exact) mass is 184 g/mol. The van der Waals surface area contributed by atoms with Gasteiger partial charge in [0.1, 0.15) is 0 Å². The van der Waals surface area contributed by atoms with Gasteiger partial charge in [-0.05, 0) is 25.3 Å². The number of rotatable bonds is 5.